The Labute approximate surface area is 96.2 Å². The lowest BCUT2D eigenvalue weighted by molar-refractivity contribution is -0.145. The van der Waals surface area contributed by atoms with Gasteiger partial charge in [0.2, 0.25) is 0 Å². The van der Waals surface area contributed by atoms with E-state index in [9.17, 15) is 4.79 Å². The van der Waals surface area contributed by atoms with Crippen LogP contribution in [0.2, 0.25) is 0 Å². The standard InChI is InChI=1S/C11H21NO2S/c1-9-4-6-12(5-3-7-15-2)10(8-9)11(13)14/h9-10H,3-8H2,1-2H3,(H,13,14). The number of carboxylic acid groups (broad SMARTS) is 1. The lowest BCUT2D eigenvalue weighted by Gasteiger charge is -2.35. The highest BCUT2D eigenvalue weighted by atomic mass is 32.2. The van der Waals surface area contributed by atoms with E-state index in [1.807, 2.05) is 11.8 Å². The smallest absolute Gasteiger partial charge is 0.320 e. The molecule has 0 spiro atoms. The van der Waals surface area contributed by atoms with Gasteiger partial charge in [0, 0.05) is 0 Å². The average Bonchev–Trinajstić information content (AvgIpc) is 2.20. The third-order valence-electron chi connectivity index (χ3n) is 3.05. The summed E-state index contributed by atoms with van der Waals surface area (Å²) in [5.74, 6) is 1.03. The van der Waals surface area contributed by atoms with Crippen LogP contribution in [0.25, 0.3) is 0 Å². The second-order valence-corrected chi connectivity index (χ2v) is 5.35. The van der Waals surface area contributed by atoms with Crippen LogP contribution in [0.15, 0.2) is 0 Å². The Kier molecular flexibility index (Phi) is 5.47. The molecular weight excluding hydrogens is 210 g/mol. The van der Waals surface area contributed by atoms with Gasteiger partial charge in [-0.3, -0.25) is 9.69 Å². The minimum atomic E-state index is -0.647. The molecule has 1 aliphatic heterocycles. The monoisotopic (exact) mass is 231 g/mol. The molecule has 1 rings (SSSR count). The highest BCUT2D eigenvalue weighted by Crippen LogP contribution is 2.22. The van der Waals surface area contributed by atoms with Crippen LogP contribution in [0.5, 0.6) is 0 Å². The van der Waals surface area contributed by atoms with Crippen molar-refractivity contribution in [3.8, 4) is 0 Å². The van der Waals surface area contributed by atoms with E-state index < -0.39 is 5.97 Å². The maximum absolute atomic E-state index is 11.1. The number of aliphatic carboxylic acids is 1. The Bertz CT molecular complexity index is 211. The molecule has 3 nitrogen and oxygen atoms in total. The van der Waals surface area contributed by atoms with Gasteiger partial charge in [-0.1, -0.05) is 6.92 Å². The van der Waals surface area contributed by atoms with Crippen LogP contribution in [0, 0.1) is 5.92 Å². The number of nitrogens with zero attached hydrogens (tertiary/aromatic N) is 1. The molecule has 1 N–H and O–H groups in total. The Morgan fingerprint density at radius 3 is 2.93 bits per heavy atom. The fourth-order valence-electron chi connectivity index (χ4n) is 2.13. The molecule has 15 heavy (non-hydrogen) atoms. The Hall–Kier alpha value is -0.220. The van der Waals surface area contributed by atoms with Gasteiger partial charge in [-0.25, -0.2) is 0 Å². The maximum atomic E-state index is 11.1. The van der Waals surface area contributed by atoms with E-state index in [1.165, 1.54) is 0 Å². The number of carboxylic acids is 1. The third kappa shape index (κ3) is 4.03. The number of likely N-dealkylation sites (tertiary alicyclic amines) is 1. The molecular formula is C11H21NO2S. The maximum Gasteiger partial charge on any atom is 0.320 e. The van der Waals surface area contributed by atoms with Crippen LogP contribution in [-0.4, -0.2) is 47.1 Å². The van der Waals surface area contributed by atoms with E-state index in [2.05, 4.69) is 18.1 Å². The van der Waals surface area contributed by atoms with Gasteiger partial charge in [0.15, 0.2) is 0 Å². The zero-order valence-corrected chi connectivity index (χ0v) is 10.4. The van der Waals surface area contributed by atoms with Crippen LogP contribution in [0.3, 0.4) is 0 Å². The van der Waals surface area contributed by atoms with Crippen LogP contribution in [0.4, 0.5) is 0 Å². The first-order valence-corrected chi connectivity index (χ1v) is 7.00. The van der Waals surface area contributed by atoms with Crippen LogP contribution >= 0.6 is 11.8 Å². The second kappa shape index (κ2) is 6.38. The first-order chi connectivity index (χ1) is 7.15. The Balaban J connectivity index is 2.42. The number of hydrogen-bond acceptors (Lipinski definition) is 3. The number of rotatable bonds is 5. The first-order valence-electron chi connectivity index (χ1n) is 5.61. The summed E-state index contributed by atoms with van der Waals surface area (Å²) in [6, 6.07) is -0.240. The summed E-state index contributed by atoms with van der Waals surface area (Å²) in [5.41, 5.74) is 0. The molecule has 1 aliphatic rings. The molecule has 1 heterocycles. The van der Waals surface area contributed by atoms with Crippen molar-refractivity contribution < 1.29 is 9.90 Å². The molecule has 0 bridgehead atoms. The van der Waals surface area contributed by atoms with E-state index in [4.69, 9.17) is 5.11 Å². The van der Waals surface area contributed by atoms with E-state index in [-0.39, 0.29) is 6.04 Å². The quantitative estimate of drug-likeness (QED) is 0.734. The van der Waals surface area contributed by atoms with E-state index in [0.29, 0.717) is 5.92 Å². The minimum absolute atomic E-state index is 0.240. The molecule has 1 fully saturated rings. The van der Waals surface area contributed by atoms with Gasteiger partial charge >= 0.3 is 5.97 Å². The van der Waals surface area contributed by atoms with Gasteiger partial charge in [-0.15, -0.1) is 0 Å². The summed E-state index contributed by atoms with van der Waals surface area (Å²) in [6.45, 7) is 4.03. The van der Waals surface area contributed by atoms with Crippen molar-refractivity contribution in [2.75, 3.05) is 25.1 Å². The number of piperidine rings is 1. The number of thioether (sulfide) groups is 1. The zero-order chi connectivity index (χ0) is 11.3. The normalized spacial score (nSPS) is 27.9. The fraction of sp³-hybridized carbons (Fsp3) is 0.909. The van der Waals surface area contributed by atoms with E-state index in [0.717, 1.165) is 38.1 Å². The fourth-order valence-corrected chi connectivity index (χ4v) is 2.54. The highest BCUT2D eigenvalue weighted by Gasteiger charge is 2.30. The molecule has 0 aliphatic carbocycles. The molecule has 0 amide bonds. The molecule has 2 unspecified atom stereocenters. The number of carbonyl (C=O) groups is 1. The van der Waals surface area contributed by atoms with Crippen molar-refractivity contribution in [3.05, 3.63) is 0 Å². The van der Waals surface area contributed by atoms with Crippen molar-refractivity contribution in [3.63, 3.8) is 0 Å². The van der Waals surface area contributed by atoms with Gasteiger partial charge in [0.05, 0.1) is 0 Å². The third-order valence-corrected chi connectivity index (χ3v) is 3.75. The number of hydrogen-bond donors (Lipinski definition) is 1. The van der Waals surface area contributed by atoms with Crippen molar-refractivity contribution in [1.82, 2.24) is 4.90 Å². The van der Waals surface area contributed by atoms with Crippen molar-refractivity contribution in [1.29, 1.82) is 0 Å². The lowest BCUT2D eigenvalue weighted by atomic mass is 9.92. The van der Waals surface area contributed by atoms with Crippen molar-refractivity contribution in [2.24, 2.45) is 5.92 Å². The summed E-state index contributed by atoms with van der Waals surface area (Å²) >= 11 is 1.83. The van der Waals surface area contributed by atoms with E-state index >= 15 is 0 Å². The van der Waals surface area contributed by atoms with Crippen molar-refractivity contribution in [2.45, 2.75) is 32.2 Å². The van der Waals surface area contributed by atoms with E-state index in [1.54, 1.807) is 0 Å². The average molecular weight is 231 g/mol. The molecule has 0 aromatic carbocycles. The molecule has 0 saturated carbocycles. The van der Waals surface area contributed by atoms with Gasteiger partial charge < -0.3 is 5.11 Å². The summed E-state index contributed by atoms with van der Waals surface area (Å²) in [7, 11) is 0. The topological polar surface area (TPSA) is 40.5 Å². The lowest BCUT2D eigenvalue weighted by Crippen LogP contribution is -2.47. The van der Waals surface area contributed by atoms with Gasteiger partial charge in [-0.05, 0) is 50.3 Å². The van der Waals surface area contributed by atoms with Crippen LogP contribution < -0.4 is 0 Å². The predicted octanol–water partition coefficient (Wildman–Crippen LogP) is 1.92. The Morgan fingerprint density at radius 2 is 2.33 bits per heavy atom. The molecule has 0 aromatic heterocycles. The van der Waals surface area contributed by atoms with Crippen LogP contribution in [-0.2, 0) is 4.79 Å². The molecule has 1 saturated heterocycles. The highest BCUT2D eigenvalue weighted by molar-refractivity contribution is 7.98. The van der Waals surface area contributed by atoms with Gasteiger partial charge in [0.25, 0.3) is 0 Å². The van der Waals surface area contributed by atoms with Crippen LogP contribution in [0.1, 0.15) is 26.2 Å². The first kappa shape index (κ1) is 12.8. The Morgan fingerprint density at radius 1 is 1.60 bits per heavy atom. The molecule has 4 heteroatoms. The SMILES string of the molecule is CSCCCN1CCC(C)CC1C(=O)O. The van der Waals surface area contributed by atoms with Gasteiger partial charge in [0.1, 0.15) is 6.04 Å². The molecule has 0 radical (unpaired) electrons. The molecule has 0 aromatic rings. The van der Waals surface area contributed by atoms with Gasteiger partial charge in [-0.2, -0.15) is 11.8 Å². The molecule has 2 atom stereocenters. The summed E-state index contributed by atoms with van der Waals surface area (Å²) in [5, 5.41) is 9.14. The summed E-state index contributed by atoms with van der Waals surface area (Å²) in [4.78, 5) is 13.2. The minimum Gasteiger partial charge on any atom is -0.480 e. The molecule has 88 valence electrons. The summed E-state index contributed by atoms with van der Waals surface area (Å²) in [6.07, 6.45) is 5.14. The zero-order valence-electron chi connectivity index (χ0n) is 9.61. The largest absolute Gasteiger partial charge is 0.480 e. The van der Waals surface area contributed by atoms with Crippen molar-refractivity contribution >= 4 is 17.7 Å². The predicted molar refractivity (Wildman–Crippen MR) is 64.4 cm³/mol. The second-order valence-electron chi connectivity index (χ2n) is 4.37. The summed E-state index contributed by atoms with van der Waals surface area (Å²) < 4.78 is 0.